The highest BCUT2D eigenvalue weighted by Gasteiger charge is 2.58. The molecule has 1 rings (SSSR count). The van der Waals surface area contributed by atoms with Gasteiger partial charge in [0, 0.05) is 0 Å². The summed E-state index contributed by atoms with van der Waals surface area (Å²) in [6.45, 7) is 0.392. The van der Waals surface area contributed by atoms with E-state index in [4.69, 9.17) is 10.2 Å². The lowest BCUT2D eigenvalue weighted by molar-refractivity contribution is -0.358. The SMILES string of the molecule is OC(O)([C@@H]1CCCN1)C(F)(F)F. The maximum atomic E-state index is 11.9. The molecule has 0 spiro atoms. The molecule has 1 aliphatic heterocycles. The Labute approximate surface area is 67.2 Å². The van der Waals surface area contributed by atoms with Crippen LogP contribution in [0.3, 0.4) is 0 Å². The molecule has 3 nitrogen and oxygen atoms in total. The van der Waals surface area contributed by atoms with E-state index in [1.165, 1.54) is 0 Å². The summed E-state index contributed by atoms with van der Waals surface area (Å²) in [7, 11) is 0. The minimum Gasteiger partial charge on any atom is -0.357 e. The standard InChI is InChI=1S/C6H10F3NO2/c7-6(8,9)5(11,12)4-2-1-3-10-4/h4,10-12H,1-3H2/t4-/m0/s1. The van der Waals surface area contributed by atoms with Crippen molar-refractivity contribution in [3.63, 3.8) is 0 Å². The number of hydrogen-bond donors (Lipinski definition) is 3. The van der Waals surface area contributed by atoms with E-state index in [0.717, 1.165) is 0 Å². The largest absolute Gasteiger partial charge is 0.444 e. The lowest BCUT2D eigenvalue weighted by Crippen LogP contribution is -2.57. The zero-order valence-electron chi connectivity index (χ0n) is 6.23. The molecular weight excluding hydrogens is 175 g/mol. The average molecular weight is 185 g/mol. The molecule has 1 saturated heterocycles. The fourth-order valence-corrected chi connectivity index (χ4v) is 1.23. The summed E-state index contributed by atoms with van der Waals surface area (Å²) in [4.78, 5) is 0. The van der Waals surface area contributed by atoms with Crippen molar-refractivity contribution >= 4 is 0 Å². The van der Waals surface area contributed by atoms with E-state index in [1.54, 1.807) is 0 Å². The Kier molecular flexibility index (Phi) is 2.33. The highest BCUT2D eigenvalue weighted by atomic mass is 19.4. The summed E-state index contributed by atoms with van der Waals surface area (Å²) < 4.78 is 35.8. The van der Waals surface area contributed by atoms with Crippen molar-refractivity contribution in [2.75, 3.05) is 6.54 Å². The Morgan fingerprint density at radius 1 is 1.25 bits per heavy atom. The first kappa shape index (κ1) is 9.76. The van der Waals surface area contributed by atoms with Crippen LogP contribution in [0.4, 0.5) is 13.2 Å². The van der Waals surface area contributed by atoms with E-state index in [9.17, 15) is 13.2 Å². The number of halogens is 3. The van der Waals surface area contributed by atoms with Crippen LogP contribution in [-0.2, 0) is 0 Å². The lowest BCUT2D eigenvalue weighted by atomic mass is 10.1. The summed E-state index contributed by atoms with van der Waals surface area (Å²) in [5.74, 6) is -3.59. The van der Waals surface area contributed by atoms with Gasteiger partial charge in [-0.2, -0.15) is 13.2 Å². The number of hydrogen-bond acceptors (Lipinski definition) is 3. The molecule has 0 aromatic carbocycles. The van der Waals surface area contributed by atoms with Gasteiger partial charge in [0.15, 0.2) is 0 Å². The van der Waals surface area contributed by atoms with Crippen LogP contribution < -0.4 is 5.32 Å². The summed E-state index contributed by atoms with van der Waals surface area (Å²) in [5.41, 5.74) is 0. The highest BCUT2D eigenvalue weighted by Crippen LogP contribution is 2.33. The topological polar surface area (TPSA) is 52.5 Å². The number of aliphatic hydroxyl groups is 2. The minimum atomic E-state index is -4.99. The molecule has 0 aromatic rings. The van der Waals surface area contributed by atoms with Crippen molar-refractivity contribution in [3.8, 4) is 0 Å². The molecule has 1 atom stereocenters. The van der Waals surface area contributed by atoms with E-state index in [1.807, 2.05) is 0 Å². The summed E-state index contributed by atoms with van der Waals surface area (Å²) in [6.07, 6.45) is -4.33. The second-order valence-electron chi connectivity index (χ2n) is 2.87. The quantitative estimate of drug-likeness (QED) is 0.503. The monoisotopic (exact) mass is 185 g/mol. The van der Waals surface area contributed by atoms with Crippen LogP contribution in [0, 0.1) is 0 Å². The Morgan fingerprint density at radius 2 is 1.83 bits per heavy atom. The molecular formula is C6H10F3NO2. The van der Waals surface area contributed by atoms with E-state index >= 15 is 0 Å². The highest BCUT2D eigenvalue weighted by molar-refractivity contribution is 4.91. The molecule has 0 aromatic heterocycles. The molecule has 12 heavy (non-hydrogen) atoms. The first-order valence-corrected chi connectivity index (χ1v) is 3.60. The number of nitrogens with one attached hydrogen (secondary N) is 1. The molecule has 3 N–H and O–H groups in total. The van der Waals surface area contributed by atoms with Crippen molar-refractivity contribution < 1.29 is 23.4 Å². The Morgan fingerprint density at radius 3 is 2.17 bits per heavy atom. The molecule has 0 saturated carbocycles. The zero-order valence-corrected chi connectivity index (χ0v) is 6.23. The van der Waals surface area contributed by atoms with E-state index < -0.39 is 18.0 Å². The third-order valence-electron chi connectivity index (χ3n) is 1.96. The van der Waals surface area contributed by atoms with Gasteiger partial charge in [0.05, 0.1) is 6.04 Å². The van der Waals surface area contributed by atoms with Crippen LogP contribution in [0.1, 0.15) is 12.8 Å². The van der Waals surface area contributed by atoms with Crippen LogP contribution >= 0.6 is 0 Å². The molecule has 1 heterocycles. The van der Waals surface area contributed by atoms with Gasteiger partial charge in [-0.1, -0.05) is 0 Å². The van der Waals surface area contributed by atoms with Crippen molar-refractivity contribution in [2.45, 2.75) is 30.8 Å². The molecule has 6 heteroatoms. The minimum absolute atomic E-state index is 0.131. The van der Waals surface area contributed by atoms with Crippen LogP contribution in [0.15, 0.2) is 0 Å². The Bertz CT molecular complexity index is 163. The third-order valence-corrected chi connectivity index (χ3v) is 1.96. The number of alkyl halides is 3. The molecule has 1 aliphatic rings. The molecule has 0 amide bonds. The zero-order chi connectivity index (χ0) is 9.41. The first-order valence-electron chi connectivity index (χ1n) is 3.60. The fraction of sp³-hybridized carbons (Fsp3) is 1.00. The lowest BCUT2D eigenvalue weighted by Gasteiger charge is -2.30. The van der Waals surface area contributed by atoms with E-state index in [0.29, 0.717) is 13.0 Å². The molecule has 0 radical (unpaired) electrons. The van der Waals surface area contributed by atoms with Crippen LogP contribution in [0.25, 0.3) is 0 Å². The van der Waals surface area contributed by atoms with Gasteiger partial charge in [-0.05, 0) is 19.4 Å². The van der Waals surface area contributed by atoms with Gasteiger partial charge in [0.2, 0.25) is 0 Å². The predicted octanol–water partition coefficient (Wildman–Crippen LogP) is -0.0184. The first-order chi connectivity index (χ1) is 5.36. The molecule has 0 bridgehead atoms. The maximum Gasteiger partial charge on any atom is 0.444 e. The van der Waals surface area contributed by atoms with Gasteiger partial charge in [-0.15, -0.1) is 0 Å². The Hall–Kier alpha value is -0.330. The second kappa shape index (κ2) is 2.86. The fourth-order valence-electron chi connectivity index (χ4n) is 1.23. The summed E-state index contributed by atoms with van der Waals surface area (Å²) in [6, 6.07) is -1.29. The summed E-state index contributed by atoms with van der Waals surface area (Å²) >= 11 is 0. The van der Waals surface area contributed by atoms with Gasteiger partial charge >= 0.3 is 6.18 Å². The Balaban J connectivity index is 2.69. The van der Waals surface area contributed by atoms with Crippen LogP contribution in [-0.4, -0.2) is 34.8 Å². The smallest absolute Gasteiger partial charge is 0.357 e. The van der Waals surface area contributed by atoms with Gasteiger partial charge in [0.25, 0.3) is 5.79 Å². The van der Waals surface area contributed by atoms with E-state index in [-0.39, 0.29) is 6.42 Å². The van der Waals surface area contributed by atoms with Crippen molar-refractivity contribution in [3.05, 3.63) is 0 Å². The van der Waals surface area contributed by atoms with Crippen LogP contribution in [0.2, 0.25) is 0 Å². The second-order valence-corrected chi connectivity index (χ2v) is 2.87. The average Bonchev–Trinajstić information content (AvgIpc) is 2.34. The van der Waals surface area contributed by atoms with Gasteiger partial charge in [0.1, 0.15) is 0 Å². The maximum absolute atomic E-state index is 11.9. The molecule has 0 unspecified atom stereocenters. The van der Waals surface area contributed by atoms with Gasteiger partial charge < -0.3 is 15.5 Å². The van der Waals surface area contributed by atoms with Crippen molar-refractivity contribution in [2.24, 2.45) is 0 Å². The summed E-state index contributed by atoms with van der Waals surface area (Å²) in [5, 5.41) is 19.8. The van der Waals surface area contributed by atoms with Crippen molar-refractivity contribution in [1.82, 2.24) is 5.32 Å². The molecule has 0 aliphatic carbocycles. The number of rotatable bonds is 1. The predicted molar refractivity (Wildman–Crippen MR) is 34.2 cm³/mol. The van der Waals surface area contributed by atoms with Crippen LogP contribution in [0.5, 0.6) is 0 Å². The van der Waals surface area contributed by atoms with Gasteiger partial charge in [-0.3, -0.25) is 0 Å². The molecule has 72 valence electrons. The normalized spacial score (nSPS) is 26.2. The van der Waals surface area contributed by atoms with Gasteiger partial charge in [-0.25, -0.2) is 0 Å². The van der Waals surface area contributed by atoms with Crippen molar-refractivity contribution in [1.29, 1.82) is 0 Å². The molecule has 1 fully saturated rings. The third kappa shape index (κ3) is 1.55. The van der Waals surface area contributed by atoms with E-state index in [2.05, 4.69) is 5.32 Å².